The number of phenolic OH excluding ortho intramolecular Hbond substituents is 1. The summed E-state index contributed by atoms with van der Waals surface area (Å²) >= 11 is 0. The lowest BCUT2D eigenvalue weighted by Crippen LogP contribution is -2.44. The van der Waals surface area contributed by atoms with Gasteiger partial charge in [-0.25, -0.2) is 0 Å². The van der Waals surface area contributed by atoms with Crippen molar-refractivity contribution in [2.75, 3.05) is 19.6 Å². The summed E-state index contributed by atoms with van der Waals surface area (Å²) in [5, 5.41) is 12.1. The van der Waals surface area contributed by atoms with Crippen LogP contribution in [0.25, 0.3) is 0 Å². The van der Waals surface area contributed by atoms with Crippen LogP contribution < -0.4 is 5.32 Å². The maximum atomic E-state index is 12.5. The Kier molecular flexibility index (Phi) is 6.91. The number of phenols is 1. The van der Waals surface area contributed by atoms with Crippen LogP contribution in [-0.2, 0) is 11.2 Å². The van der Waals surface area contributed by atoms with E-state index in [4.69, 9.17) is 0 Å². The first-order chi connectivity index (χ1) is 13.9. The third kappa shape index (κ3) is 5.83. The van der Waals surface area contributed by atoms with E-state index >= 15 is 0 Å². The number of likely N-dealkylation sites (tertiary alicyclic amines) is 1. The van der Waals surface area contributed by atoms with E-state index in [0.717, 1.165) is 49.9 Å². The fourth-order valence-electron chi connectivity index (χ4n) is 3.76. The molecule has 1 fully saturated rings. The molecule has 2 aromatic rings. The Morgan fingerprint density at radius 1 is 1.03 bits per heavy atom. The van der Waals surface area contributed by atoms with Gasteiger partial charge in [0, 0.05) is 18.7 Å². The zero-order valence-electron chi connectivity index (χ0n) is 17.3. The monoisotopic (exact) mass is 394 g/mol. The lowest BCUT2D eigenvalue weighted by molar-refractivity contribution is -0.131. The van der Waals surface area contributed by atoms with E-state index in [1.807, 2.05) is 43.0 Å². The first-order valence-corrected chi connectivity index (χ1v) is 10.3. The number of benzene rings is 2. The van der Waals surface area contributed by atoms with E-state index in [9.17, 15) is 14.7 Å². The highest BCUT2D eigenvalue weighted by Gasteiger charge is 2.23. The minimum absolute atomic E-state index is 0.0147. The molecule has 1 saturated heterocycles. The highest BCUT2D eigenvalue weighted by atomic mass is 16.3. The molecule has 5 heteroatoms. The fraction of sp³-hybridized carbons (Fsp3) is 0.417. The summed E-state index contributed by atoms with van der Waals surface area (Å²) in [5.74, 6) is 0.688. The van der Waals surface area contributed by atoms with E-state index in [1.165, 1.54) is 5.56 Å². The molecule has 0 spiro atoms. The fourth-order valence-corrected chi connectivity index (χ4v) is 3.76. The van der Waals surface area contributed by atoms with Crippen LogP contribution in [0.15, 0.2) is 42.5 Å². The maximum absolute atomic E-state index is 12.5. The summed E-state index contributed by atoms with van der Waals surface area (Å²) in [6.07, 6.45) is 4.07. The van der Waals surface area contributed by atoms with Crippen molar-refractivity contribution >= 4 is 11.8 Å². The minimum atomic E-state index is -0.203. The van der Waals surface area contributed by atoms with Gasteiger partial charge < -0.3 is 15.3 Å². The van der Waals surface area contributed by atoms with Crippen LogP contribution >= 0.6 is 0 Å². The van der Waals surface area contributed by atoms with Crippen LogP contribution in [-0.4, -0.2) is 41.5 Å². The Bertz CT molecular complexity index is 853. The van der Waals surface area contributed by atoms with Crippen molar-refractivity contribution in [2.24, 2.45) is 5.92 Å². The summed E-state index contributed by atoms with van der Waals surface area (Å²) in [5.41, 5.74) is 4.04. The minimum Gasteiger partial charge on any atom is -0.508 e. The quantitative estimate of drug-likeness (QED) is 0.786. The maximum Gasteiger partial charge on any atom is 0.251 e. The van der Waals surface area contributed by atoms with E-state index in [1.54, 1.807) is 18.2 Å². The summed E-state index contributed by atoms with van der Waals surface area (Å²) in [7, 11) is 0. The van der Waals surface area contributed by atoms with Crippen molar-refractivity contribution in [3.05, 3.63) is 64.7 Å². The number of nitrogens with one attached hydrogen (secondary N) is 1. The molecule has 0 bridgehead atoms. The Labute approximate surface area is 172 Å². The van der Waals surface area contributed by atoms with E-state index < -0.39 is 0 Å². The molecule has 0 atom stereocenters. The van der Waals surface area contributed by atoms with Crippen molar-refractivity contribution in [2.45, 2.75) is 39.5 Å². The normalized spacial score (nSPS) is 14.6. The van der Waals surface area contributed by atoms with Crippen LogP contribution in [0.2, 0.25) is 0 Å². The second kappa shape index (κ2) is 9.59. The lowest BCUT2D eigenvalue weighted by Gasteiger charge is -2.32. The predicted octanol–water partition coefficient (Wildman–Crippen LogP) is 3.61. The van der Waals surface area contributed by atoms with Crippen LogP contribution in [0.3, 0.4) is 0 Å². The molecular formula is C24H30N2O3. The van der Waals surface area contributed by atoms with Gasteiger partial charge in [0.05, 0.1) is 6.54 Å². The van der Waals surface area contributed by atoms with Crippen molar-refractivity contribution < 1.29 is 14.7 Å². The van der Waals surface area contributed by atoms with Crippen molar-refractivity contribution in [1.82, 2.24) is 10.2 Å². The molecule has 2 aromatic carbocycles. The second-order valence-corrected chi connectivity index (χ2v) is 8.01. The van der Waals surface area contributed by atoms with Gasteiger partial charge in [0.2, 0.25) is 5.91 Å². The van der Waals surface area contributed by atoms with Gasteiger partial charge in [-0.1, -0.05) is 18.2 Å². The molecule has 1 heterocycles. The van der Waals surface area contributed by atoms with Crippen molar-refractivity contribution in [3.63, 3.8) is 0 Å². The molecule has 0 saturated carbocycles. The molecule has 3 rings (SSSR count). The Morgan fingerprint density at radius 3 is 2.38 bits per heavy atom. The van der Waals surface area contributed by atoms with Crippen LogP contribution in [0.1, 0.15) is 46.3 Å². The molecule has 2 N–H and O–H groups in total. The van der Waals surface area contributed by atoms with Gasteiger partial charge in [0.25, 0.3) is 5.91 Å². The third-order valence-electron chi connectivity index (χ3n) is 5.91. The third-order valence-corrected chi connectivity index (χ3v) is 5.91. The van der Waals surface area contributed by atoms with Crippen LogP contribution in [0.5, 0.6) is 5.75 Å². The largest absolute Gasteiger partial charge is 0.508 e. The first-order valence-electron chi connectivity index (χ1n) is 10.3. The van der Waals surface area contributed by atoms with Gasteiger partial charge in [-0.05, 0) is 86.4 Å². The summed E-state index contributed by atoms with van der Waals surface area (Å²) < 4.78 is 0. The average Bonchev–Trinajstić information content (AvgIpc) is 2.73. The Hall–Kier alpha value is -2.82. The molecular weight excluding hydrogens is 364 g/mol. The van der Waals surface area contributed by atoms with Gasteiger partial charge in [-0.2, -0.15) is 0 Å². The molecule has 0 aliphatic carbocycles. The van der Waals surface area contributed by atoms with E-state index in [0.29, 0.717) is 17.2 Å². The standard InChI is InChI=1S/C24H30N2O3/c1-17-3-8-21(15-18(17)2)24(29)25-16-23(28)26-13-11-20(12-14-26)5-4-19-6-9-22(27)10-7-19/h3,6-10,15,20,27H,4-5,11-14,16H2,1-2H3,(H,25,29). The van der Waals surface area contributed by atoms with Gasteiger partial charge in [0.1, 0.15) is 5.75 Å². The highest BCUT2D eigenvalue weighted by molar-refractivity contribution is 5.96. The van der Waals surface area contributed by atoms with Crippen molar-refractivity contribution in [1.29, 1.82) is 0 Å². The molecule has 0 radical (unpaired) electrons. The number of hydrogen-bond acceptors (Lipinski definition) is 3. The molecule has 154 valence electrons. The molecule has 5 nitrogen and oxygen atoms in total. The first kappa shape index (κ1) is 20.9. The van der Waals surface area contributed by atoms with Gasteiger partial charge in [-0.3, -0.25) is 9.59 Å². The number of carbonyl (C=O) groups excluding carboxylic acids is 2. The number of nitrogens with zero attached hydrogens (tertiary/aromatic N) is 1. The number of rotatable bonds is 6. The highest BCUT2D eigenvalue weighted by Crippen LogP contribution is 2.23. The van der Waals surface area contributed by atoms with E-state index in [2.05, 4.69) is 5.32 Å². The number of carbonyl (C=O) groups is 2. The summed E-state index contributed by atoms with van der Waals surface area (Å²) in [6, 6.07) is 13.0. The van der Waals surface area contributed by atoms with Crippen LogP contribution in [0.4, 0.5) is 0 Å². The summed E-state index contributed by atoms with van der Waals surface area (Å²) in [6.45, 7) is 5.53. The number of aryl methyl sites for hydroxylation is 3. The molecule has 1 aliphatic heterocycles. The molecule has 0 aromatic heterocycles. The number of aromatic hydroxyl groups is 1. The molecule has 0 unspecified atom stereocenters. The van der Waals surface area contributed by atoms with Gasteiger partial charge in [0.15, 0.2) is 0 Å². The van der Waals surface area contributed by atoms with Gasteiger partial charge in [-0.15, -0.1) is 0 Å². The van der Waals surface area contributed by atoms with Gasteiger partial charge >= 0.3 is 0 Å². The predicted molar refractivity (Wildman–Crippen MR) is 114 cm³/mol. The lowest BCUT2D eigenvalue weighted by atomic mass is 9.90. The zero-order chi connectivity index (χ0) is 20.8. The van der Waals surface area contributed by atoms with E-state index in [-0.39, 0.29) is 18.4 Å². The molecule has 1 aliphatic rings. The smallest absolute Gasteiger partial charge is 0.251 e. The summed E-state index contributed by atoms with van der Waals surface area (Å²) in [4.78, 5) is 26.6. The SMILES string of the molecule is Cc1ccc(C(=O)NCC(=O)N2CCC(CCc3ccc(O)cc3)CC2)cc1C. The number of amides is 2. The van der Waals surface area contributed by atoms with Crippen LogP contribution in [0, 0.1) is 19.8 Å². The average molecular weight is 395 g/mol. The molecule has 29 heavy (non-hydrogen) atoms. The number of piperidine rings is 1. The Balaban J connectivity index is 1.39. The zero-order valence-corrected chi connectivity index (χ0v) is 17.3. The Morgan fingerprint density at radius 2 is 1.72 bits per heavy atom. The van der Waals surface area contributed by atoms with Crippen molar-refractivity contribution in [3.8, 4) is 5.75 Å². The topological polar surface area (TPSA) is 69.6 Å². The molecule has 2 amide bonds. The second-order valence-electron chi connectivity index (χ2n) is 8.01. The number of hydrogen-bond donors (Lipinski definition) is 2.